The molecule has 0 unspecified atom stereocenters. The maximum Gasteiger partial charge on any atom is 0.294 e. The van der Waals surface area contributed by atoms with Gasteiger partial charge < -0.3 is 4.74 Å². The van der Waals surface area contributed by atoms with Crippen molar-refractivity contribution in [2.24, 2.45) is 0 Å². The van der Waals surface area contributed by atoms with Gasteiger partial charge in [-0.05, 0) is 86.7 Å². The summed E-state index contributed by atoms with van der Waals surface area (Å²) in [5, 5.41) is 0. The van der Waals surface area contributed by atoms with E-state index < -0.39 is 10.1 Å². The Balaban J connectivity index is 0.000000231. The van der Waals surface area contributed by atoms with Crippen LogP contribution in [0.1, 0.15) is 26.3 Å². The van der Waals surface area contributed by atoms with Crippen LogP contribution in [0, 0.1) is 10.5 Å². The average molecular weight is 448 g/mol. The minimum atomic E-state index is -4.02. The van der Waals surface area contributed by atoms with Gasteiger partial charge in [0.25, 0.3) is 10.1 Å². The van der Waals surface area contributed by atoms with Crippen molar-refractivity contribution in [2.75, 3.05) is 0 Å². The largest absolute Gasteiger partial charge is 0.488 e. The van der Waals surface area contributed by atoms with Gasteiger partial charge in [-0.25, -0.2) is 0 Å². The molecule has 0 spiro atoms. The zero-order chi connectivity index (χ0) is 17.7. The lowest BCUT2D eigenvalue weighted by Crippen LogP contribution is -2.22. The van der Waals surface area contributed by atoms with Crippen LogP contribution < -0.4 is 4.74 Å². The maximum absolute atomic E-state index is 10.5. The zero-order valence-corrected chi connectivity index (χ0v) is 16.6. The van der Waals surface area contributed by atoms with E-state index in [1.165, 1.54) is 15.7 Å². The second kappa shape index (κ2) is 8.12. The van der Waals surface area contributed by atoms with Gasteiger partial charge in [-0.3, -0.25) is 4.55 Å². The molecule has 4 nitrogen and oxygen atoms in total. The van der Waals surface area contributed by atoms with Crippen molar-refractivity contribution in [3.8, 4) is 5.75 Å². The van der Waals surface area contributed by atoms with E-state index in [0.717, 1.165) is 11.3 Å². The van der Waals surface area contributed by atoms with Crippen molar-refractivity contribution in [2.45, 2.75) is 38.2 Å². The fourth-order valence-corrected chi connectivity index (χ4v) is 2.41. The molecule has 2 aromatic rings. The Morgan fingerprint density at radius 3 is 1.83 bits per heavy atom. The van der Waals surface area contributed by atoms with Crippen molar-refractivity contribution in [3.05, 3.63) is 57.7 Å². The van der Waals surface area contributed by atoms with E-state index in [1.54, 1.807) is 12.1 Å². The fourth-order valence-electron chi connectivity index (χ4n) is 1.57. The third-order valence-electron chi connectivity index (χ3n) is 2.56. The Kier molecular flexibility index (Phi) is 7.03. The molecule has 0 bridgehead atoms. The average Bonchev–Trinajstić information content (AvgIpc) is 2.40. The van der Waals surface area contributed by atoms with Gasteiger partial charge in [-0.15, -0.1) is 0 Å². The van der Waals surface area contributed by atoms with Crippen molar-refractivity contribution in [3.63, 3.8) is 0 Å². The first kappa shape index (κ1) is 19.9. The molecule has 0 heterocycles. The van der Waals surface area contributed by atoms with Gasteiger partial charge in [0.2, 0.25) is 0 Å². The molecule has 1 N–H and O–H groups in total. The summed E-state index contributed by atoms with van der Waals surface area (Å²) in [5.41, 5.74) is 0.852. The molecule has 2 rings (SSSR count). The summed E-state index contributed by atoms with van der Waals surface area (Å²) in [6, 6.07) is 14.1. The predicted molar refractivity (Wildman–Crippen MR) is 101 cm³/mol. The molecule has 23 heavy (non-hydrogen) atoms. The molecule has 0 aromatic heterocycles. The Labute approximate surface area is 151 Å². The van der Waals surface area contributed by atoms with Crippen LogP contribution in [0.2, 0.25) is 0 Å². The van der Waals surface area contributed by atoms with E-state index in [4.69, 9.17) is 9.29 Å². The normalized spacial score (nSPS) is 11.4. The third-order valence-corrected chi connectivity index (χ3v) is 4.14. The van der Waals surface area contributed by atoms with E-state index >= 15 is 0 Å². The van der Waals surface area contributed by atoms with Crippen molar-refractivity contribution >= 4 is 32.7 Å². The molecule has 6 heteroatoms. The lowest BCUT2D eigenvalue weighted by Gasteiger charge is -2.21. The summed E-state index contributed by atoms with van der Waals surface area (Å²) in [5.74, 6) is 0.933. The second-order valence-corrected chi connectivity index (χ2v) is 8.62. The van der Waals surface area contributed by atoms with Crippen LogP contribution >= 0.6 is 22.6 Å². The van der Waals surface area contributed by atoms with Crippen LogP contribution in [0.4, 0.5) is 0 Å². The van der Waals surface area contributed by atoms with Gasteiger partial charge in [0.1, 0.15) is 11.4 Å². The van der Waals surface area contributed by atoms with Crippen molar-refractivity contribution in [1.29, 1.82) is 0 Å². The number of halogens is 1. The number of hydrogen-bond acceptors (Lipinski definition) is 3. The first-order valence-corrected chi connectivity index (χ1v) is 9.48. The monoisotopic (exact) mass is 448 g/mol. The molecule has 0 saturated heterocycles. The van der Waals surface area contributed by atoms with E-state index in [1.807, 2.05) is 52.0 Å². The fraction of sp³-hybridized carbons (Fsp3) is 0.294. The highest BCUT2D eigenvalue weighted by molar-refractivity contribution is 14.1. The summed E-state index contributed by atoms with van der Waals surface area (Å²) in [6.07, 6.45) is 0. The number of hydrogen-bond donors (Lipinski definition) is 1. The Morgan fingerprint density at radius 2 is 1.43 bits per heavy atom. The van der Waals surface area contributed by atoms with Crippen LogP contribution in [-0.2, 0) is 10.1 Å². The smallest absolute Gasteiger partial charge is 0.294 e. The van der Waals surface area contributed by atoms with E-state index in [2.05, 4.69) is 22.6 Å². The van der Waals surface area contributed by atoms with Crippen molar-refractivity contribution in [1.82, 2.24) is 0 Å². The SMILES string of the molecule is CC(C)(C)Oc1ccc(I)cc1.Cc1ccc(S(=O)(=O)O)cc1. The van der Waals surface area contributed by atoms with Gasteiger partial charge in [0.15, 0.2) is 0 Å². The minimum absolute atomic E-state index is 0.0666. The molecule has 0 aliphatic heterocycles. The molecule has 0 atom stereocenters. The Bertz CT molecular complexity index is 715. The first-order valence-electron chi connectivity index (χ1n) is 6.96. The zero-order valence-electron chi connectivity index (χ0n) is 13.6. The van der Waals surface area contributed by atoms with Gasteiger partial charge in [-0.1, -0.05) is 17.7 Å². The van der Waals surface area contributed by atoms with Gasteiger partial charge >= 0.3 is 0 Å². The topological polar surface area (TPSA) is 63.6 Å². The summed E-state index contributed by atoms with van der Waals surface area (Å²) >= 11 is 2.28. The van der Waals surface area contributed by atoms with Gasteiger partial charge in [0, 0.05) is 3.57 Å². The highest BCUT2D eigenvalue weighted by Crippen LogP contribution is 2.18. The summed E-state index contributed by atoms with van der Waals surface area (Å²) in [7, 11) is -4.02. The van der Waals surface area contributed by atoms with Crippen LogP contribution in [0.25, 0.3) is 0 Å². The van der Waals surface area contributed by atoms with Crippen LogP contribution in [-0.4, -0.2) is 18.6 Å². The third kappa shape index (κ3) is 8.34. The van der Waals surface area contributed by atoms with Gasteiger partial charge in [-0.2, -0.15) is 8.42 Å². The second-order valence-electron chi connectivity index (χ2n) is 5.96. The van der Waals surface area contributed by atoms with E-state index in [0.29, 0.717) is 0 Å². The number of aryl methyl sites for hydroxylation is 1. The van der Waals surface area contributed by atoms with Crippen molar-refractivity contribution < 1.29 is 17.7 Å². The molecule has 0 aliphatic carbocycles. The number of benzene rings is 2. The highest BCUT2D eigenvalue weighted by atomic mass is 127. The van der Waals surface area contributed by atoms with E-state index in [9.17, 15) is 8.42 Å². The molecule has 0 aliphatic rings. The van der Waals surface area contributed by atoms with Gasteiger partial charge in [0.05, 0.1) is 4.90 Å². The number of rotatable bonds is 2. The van der Waals surface area contributed by atoms with E-state index in [-0.39, 0.29) is 10.5 Å². The molecule has 0 radical (unpaired) electrons. The van der Waals surface area contributed by atoms with Crippen LogP contribution in [0.3, 0.4) is 0 Å². The summed E-state index contributed by atoms with van der Waals surface area (Å²) in [6.45, 7) is 7.98. The lowest BCUT2D eigenvalue weighted by molar-refractivity contribution is 0.131. The molecule has 0 amide bonds. The Hall–Kier alpha value is -1.12. The minimum Gasteiger partial charge on any atom is -0.488 e. The molecule has 0 saturated carbocycles. The molecule has 126 valence electrons. The van der Waals surface area contributed by atoms with Crippen LogP contribution in [0.15, 0.2) is 53.4 Å². The summed E-state index contributed by atoms with van der Waals surface area (Å²) in [4.78, 5) is -0.0666. The first-order chi connectivity index (χ1) is 10.5. The van der Waals surface area contributed by atoms with Crippen LogP contribution in [0.5, 0.6) is 5.75 Å². The quantitative estimate of drug-likeness (QED) is 0.534. The lowest BCUT2D eigenvalue weighted by atomic mass is 10.2. The highest BCUT2D eigenvalue weighted by Gasteiger charge is 2.10. The number of ether oxygens (including phenoxy) is 1. The summed E-state index contributed by atoms with van der Waals surface area (Å²) < 4.78 is 36.4. The molecular weight excluding hydrogens is 427 g/mol. The standard InChI is InChI=1S/C10H13IO.C7H8O3S/c1-10(2,3)12-9-6-4-8(11)5-7-9;1-6-2-4-7(5-3-6)11(8,9)10/h4-7H,1-3H3;2-5H,1H3,(H,8,9,10). The molecule has 0 fully saturated rings. The predicted octanol–water partition coefficient (Wildman–Crippen LogP) is 4.71. The molecular formula is C17H21IO4S. The maximum atomic E-state index is 10.5. The molecule has 2 aromatic carbocycles. The Morgan fingerprint density at radius 1 is 0.957 bits per heavy atom.